The fraction of sp³-hybridized carbons (Fsp3) is 0.714. The molecule has 110 valence electrons. The summed E-state index contributed by atoms with van der Waals surface area (Å²) in [6.07, 6.45) is 6.78. The summed E-state index contributed by atoms with van der Waals surface area (Å²) in [6, 6.07) is 0.608. The zero-order valence-corrected chi connectivity index (χ0v) is 11.7. The van der Waals surface area contributed by atoms with Gasteiger partial charge in [0.05, 0.1) is 6.61 Å². The van der Waals surface area contributed by atoms with Crippen molar-refractivity contribution in [2.45, 2.75) is 50.8 Å². The van der Waals surface area contributed by atoms with Crippen LogP contribution in [0.2, 0.25) is 0 Å². The molecule has 1 aromatic rings. The Bertz CT molecular complexity index is 492. The predicted octanol–water partition coefficient (Wildman–Crippen LogP) is 1.21. The molecule has 3 rings (SSSR count). The van der Waals surface area contributed by atoms with Crippen LogP contribution in [-0.4, -0.2) is 30.3 Å². The summed E-state index contributed by atoms with van der Waals surface area (Å²) in [5.74, 6) is -0.126. The lowest BCUT2D eigenvalue weighted by Gasteiger charge is -2.29. The average molecular weight is 279 g/mol. The number of amides is 1. The molecule has 0 aliphatic heterocycles. The molecule has 1 unspecified atom stereocenters. The highest BCUT2D eigenvalue weighted by Gasteiger charge is 2.52. The predicted molar refractivity (Wildman–Crippen MR) is 72.0 cm³/mol. The fourth-order valence-corrected chi connectivity index (χ4v) is 3.24. The lowest BCUT2D eigenvalue weighted by molar-refractivity contribution is 0.0914. The first-order valence-electron chi connectivity index (χ1n) is 7.13. The Morgan fingerprint density at radius 1 is 1.60 bits per heavy atom. The third-order valence-corrected chi connectivity index (χ3v) is 4.74. The Labute approximate surface area is 118 Å². The van der Waals surface area contributed by atoms with Crippen LogP contribution in [-0.2, 0) is 11.3 Å². The van der Waals surface area contributed by atoms with Gasteiger partial charge in [0.25, 0.3) is 5.91 Å². The standard InChI is InChI=1S/C14H21N3O3/c1-19-8-11-10(7-20-17-11)13(18)16-9-2-4-14(5-3-9)6-12(14)15/h7,9,12H,2-6,8,15H2,1H3,(H,16,18). The highest BCUT2D eigenvalue weighted by atomic mass is 16.5. The van der Waals surface area contributed by atoms with Gasteiger partial charge in [-0.3, -0.25) is 4.79 Å². The van der Waals surface area contributed by atoms with E-state index in [2.05, 4.69) is 10.5 Å². The number of ether oxygens (including phenoxy) is 1. The molecule has 1 aromatic heterocycles. The largest absolute Gasteiger partial charge is 0.378 e. The van der Waals surface area contributed by atoms with Crippen molar-refractivity contribution in [2.75, 3.05) is 7.11 Å². The number of carbonyl (C=O) groups excluding carboxylic acids is 1. The van der Waals surface area contributed by atoms with Crippen LogP contribution in [0.25, 0.3) is 0 Å². The van der Waals surface area contributed by atoms with Gasteiger partial charge in [-0.15, -0.1) is 0 Å². The number of methoxy groups -OCH3 is 1. The van der Waals surface area contributed by atoms with Crippen LogP contribution in [0.15, 0.2) is 10.8 Å². The molecule has 1 heterocycles. The zero-order chi connectivity index (χ0) is 14.2. The van der Waals surface area contributed by atoms with E-state index in [-0.39, 0.29) is 18.6 Å². The van der Waals surface area contributed by atoms with E-state index in [1.165, 1.54) is 6.26 Å². The van der Waals surface area contributed by atoms with Gasteiger partial charge in [0, 0.05) is 19.2 Å². The number of aromatic nitrogens is 1. The molecule has 6 heteroatoms. The minimum Gasteiger partial charge on any atom is -0.378 e. The first-order valence-corrected chi connectivity index (χ1v) is 7.13. The van der Waals surface area contributed by atoms with Crippen molar-refractivity contribution in [1.82, 2.24) is 10.5 Å². The molecule has 2 aliphatic rings. The third kappa shape index (κ3) is 2.45. The Morgan fingerprint density at radius 2 is 2.30 bits per heavy atom. The fourth-order valence-electron chi connectivity index (χ4n) is 3.24. The first-order chi connectivity index (χ1) is 9.64. The van der Waals surface area contributed by atoms with Gasteiger partial charge in [-0.05, 0) is 37.5 Å². The number of nitrogens with one attached hydrogen (secondary N) is 1. The highest BCUT2D eigenvalue weighted by molar-refractivity contribution is 5.95. The molecule has 2 saturated carbocycles. The molecule has 1 amide bonds. The summed E-state index contributed by atoms with van der Waals surface area (Å²) in [7, 11) is 1.57. The Hall–Kier alpha value is -1.40. The van der Waals surface area contributed by atoms with E-state index < -0.39 is 0 Å². The highest BCUT2D eigenvalue weighted by Crippen LogP contribution is 2.54. The maximum absolute atomic E-state index is 12.2. The lowest BCUT2D eigenvalue weighted by Crippen LogP contribution is -2.39. The summed E-state index contributed by atoms with van der Waals surface area (Å²) in [5.41, 5.74) is 7.39. The number of nitrogens with zero attached hydrogens (tertiary/aromatic N) is 1. The van der Waals surface area contributed by atoms with Gasteiger partial charge in [0.2, 0.25) is 0 Å². The molecule has 2 fully saturated rings. The number of hydrogen-bond donors (Lipinski definition) is 2. The summed E-state index contributed by atoms with van der Waals surface area (Å²) in [6.45, 7) is 0.280. The summed E-state index contributed by atoms with van der Waals surface area (Å²) < 4.78 is 9.86. The van der Waals surface area contributed by atoms with Crippen molar-refractivity contribution in [2.24, 2.45) is 11.1 Å². The molecule has 6 nitrogen and oxygen atoms in total. The van der Waals surface area contributed by atoms with Crippen molar-refractivity contribution in [3.05, 3.63) is 17.5 Å². The van der Waals surface area contributed by atoms with E-state index in [4.69, 9.17) is 15.0 Å². The zero-order valence-electron chi connectivity index (χ0n) is 11.7. The summed E-state index contributed by atoms with van der Waals surface area (Å²) in [4.78, 5) is 12.2. The maximum atomic E-state index is 12.2. The quantitative estimate of drug-likeness (QED) is 0.864. The maximum Gasteiger partial charge on any atom is 0.256 e. The number of rotatable bonds is 4. The van der Waals surface area contributed by atoms with Crippen LogP contribution < -0.4 is 11.1 Å². The second-order valence-electron chi connectivity index (χ2n) is 6.03. The number of carbonyl (C=O) groups is 1. The summed E-state index contributed by atoms with van der Waals surface area (Å²) in [5, 5.41) is 6.85. The molecule has 1 spiro atoms. The van der Waals surface area contributed by atoms with Gasteiger partial charge >= 0.3 is 0 Å². The van der Waals surface area contributed by atoms with E-state index >= 15 is 0 Å². The molecular weight excluding hydrogens is 258 g/mol. The SMILES string of the molecule is COCc1nocc1C(=O)NC1CCC2(CC1)CC2N. The van der Waals surface area contributed by atoms with Gasteiger partial charge in [-0.2, -0.15) is 0 Å². The number of hydrogen-bond acceptors (Lipinski definition) is 5. The van der Waals surface area contributed by atoms with Crippen molar-refractivity contribution in [3.63, 3.8) is 0 Å². The van der Waals surface area contributed by atoms with E-state index in [9.17, 15) is 4.79 Å². The first kappa shape index (κ1) is 13.6. The Morgan fingerprint density at radius 3 is 2.90 bits per heavy atom. The second kappa shape index (κ2) is 5.18. The molecule has 0 bridgehead atoms. The van der Waals surface area contributed by atoms with E-state index in [0.29, 0.717) is 22.7 Å². The van der Waals surface area contributed by atoms with Crippen LogP contribution in [0.4, 0.5) is 0 Å². The number of nitrogens with two attached hydrogens (primary N) is 1. The van der Waals surface area contributed by atoms with Gasteiger partial charge in [-0.25, -0.2) is 0 Å². The molecule has 0 radical (unpaired) electrons. The van der Waals surface area contributed by atoms with E-state index in [0.717, 1.165) is 32.1 Å². The Kier molecular flexibility index (Phi) is 3.52. The van der Waals surface area contributed by atoms with Crippen molar-refractivity contribution >= 4 is 5.91 Å². The minimum atomic E-state index is -0.126. The van der Waals surface area contributed by atoms with Crippen LogP contribution >= 0.6 is 0 Å². The van der Waals surface area contributed by atoms with E-state index in [1.807, 2.05) is 0 Å². The van der Waals surface area contributed by atoms with Crippen LogP contribution in [0.3, 0.4) is 0 Å². The minimum absolute atomic E-state index is 0.126. The smallest absolute Gasteiger partial charge is 0.256 e. The molecular formula is C14H21N3O3. The van der Waals surface area contributed by atoms with Crippen molar-refractivity contribution in [3.8, 4) is 0 Å². The molecule has 0 aromatic carbocycles. The molecule has 2 aliphatic carbocycles. The third-order valence-electron chi connectivity index (χ3n) is 4.74. The van der Waals surface area contributed by atoms with Crippen LogP contribution in [0, 0.1) is 5.41 Å². The molecule has 20 heavy (non-hydrogen) atoms. The van der Waals surface area contributed by atoms with Crippen molar-refractivity contribution in [1.29, 1.82) is 0 Å². The topological polar surface area (TPSA) is 90.4 Å². The lowest BCUT2D eigenvalue weighted by atomic mass is 9.83. The normalized spacial score (nSPS) is 32.3. The second-order valence-corrected chi connectivity index (χ2v) is 6.03. The van der Waals surface area contributed by atoms with Gasteiger partial charge in [-0.1, -0.05) is 5.16 Å². The molecule has 0 saturated heterocycles. The van der Waals surface area contributed by atoms with Crippen LogP contribution in [0.1, 0.15) is 48.2 Å². The van der Waals surface area contributed by atoms with Crippen LogP contribution in [0.5, 0.6) is 0 Å². The molecule has 1 atom stereocenters. The average Bonchev–Trinajstić information content (AvgIpc) is 2.86. The van der Waals surface area contributed by atoms with E-state index in [1.54, 1.807) is 7.11 Å². The van der Waals surface area contributed by atoms with Crippen molar-refractivity contribution < 1.29 is 14.1 Å². The van der Waals surface area contributed by atoms with Gasteiger partial charge in [0.1, 0.15) is 17.5 Å². The summed E-state index contributed by atoms with van der Waals surface area (Å²) >= 11 is 0. The van der Waals surface area contributed by atoms with Gasteiger partial charge in [0.15, 0.2) is 0 Å². The van der Waals surface area contributed by atoms with Gasteiger partial charge < -0.3 is 20.3 Å². The molecule has 3 N–H and O–H groups in total. The Balaban J connectivity index is 1.55. The monoisotopic (exact) mass is 279 g/mol.